The molecule has 1 aromatic heterocycles. The van der Waals surface area contributed by atoms with Gasteiger partial charge in [0.25, 0.3) is 5.91 Å². The molecule has 0 saturated carbocycles. The van der Waals surface area contributed by atoms with E-state index in [1.54, 1.807) is 0 Å². The molecule has 1 N–H and O–H groups in total. The summed E-state index contributed by atoms with van der Waals surface area (Å²) < 4.78 is 1.90. The molecule has 0 aliphatic heterocycles. The van der Waals surface area contributed by atoms with Crippen LogP contribution in [0, 0.1) is 0 Å². The number of benzene rings is 2. The third-order valence-corrected chi connectivity index (χ3v) is 3.94. The molecule has 0 saturated heterocycles. The molecule has 0 aliphatic rings. The number of rotatable bonds is 5. The van der Waals surface area contributed by atoms with Gasteiger partial charge in [0.15, 0.2) is 12.4 Å². The average Bonchev–Trinajstić information content (AvgIpc) is 2.63. The maximum atomic E-state index is 12.3. The van der Waals surface area contributed by atoms with E-state index in [1.165, 1.54) is 5.56 Å². The second kappa shape index (κ2) is 7.55. The highest BCUT2D eigenvalue weighted by Gasteiger charge is 2.11. The van der Waals surface area contributed by atoms with Gasteiger partial charge < -0.3 is 5.32 Å². The Morgan fingerprint density at radius 3 is 2.33 bits per heavy atom. The van der Waals surface area contributed by atoms with Crippen LogP contribution in [0.5, 0.6) is 0 Å². The number of carbonyl (C=O) groups is 1. The van der Waals surface area contributed by atoms with Crippen molar-refractivity contribution in [2.75, 3.05) is 5.32 Å². The lowest BCUT2D eigenvalue weighted by Gasteiger charge is -2.05. The fourth-order valence-corrected chi connectivity index (χ4v) is 2.61. The van der Waals surface area contributed by atoms with E-state index in [2.05, 4.69) is 24.4 Å². The zero-order valence-electron chi connectivity index (χ0n) is 13.8. The summed E-state index contributed by atoms with van der Waals surface area (Å²) in [5.74, 6) is -0.0329. The highest BCUT2D eigenvalue weighted by molar-refractivity contribution is 5.89. The van der Waals surface area contributed by atoms with Crippen LogP contribution in [-0.4, -0.2) is 5.91 Å². The molecule has 120 valence electrons. The number of carbonyl (C=O) groups excluding carboxylic acids is 1. The van der Waals surface area contributed by atoms with E-state index in [0.717, 1.165) is 23.2 Å². The van der Waals surface area contributed by atoms with E-state index in [0.29, 0.717) is 0 Å². The standard InChI is InChI=1S/C21H20N2O/c1-2-17-10-12-20(13-11-17)22-21(24)16-23-14-6-9-19(15-23)18-7-4-3-5-8-18/h3-15H,2,16H2,1H3/p+1. The molecule has 0 atom stereocenters. The number of nitrogens with one attached hydrogen (secondary N) is 1. The summed E-state index contributed by atoms with van der Waals surface area (Å²) in [7, 11) is 0. The first-order chi connectivity index (χ1) is 11.7. The van der Waals surface area contributed by atoms with Crippen LogP contribution >= 0.6 is 0 Å². The topological polar surface area (TPSA) is 33.0 Å². The van der Waals surface area contributed by atoms with E-state index < -0.39 is 0 Å². The zero-order valence-corrected chi connectivity index (χ0v) is 13.8. The quantitative estimate of drug-likeness (QED) is 0.713. The van der Waals surface area contributed by atoms with Crippen molar-refractivity contribution in [3.63, 3.8) is 0 Å². The Hall–Kier alpha value is -2.94. The largest absolute Gasteiger partial charge is 0.321 e. The van der Waals surface area contributed by atoms with Crippen LogP contribution in [0.1, 0.15) is 12.5 Å². The van der Waals surface area contributed by atoms with Crippen molar-refractivity contribution < 1.29 is 9.36 Å². The number of aromatic nitrogens is 1. The molecular weight excluding hydrogens is 296 g/mol. The van der Waals surface area contributed by atoms with Crippen molar-refractivity contribution in [1.82, 2.24) is 0 Å². The van der Waals surface area contributed by atoms with Gasteiger partial charge in [-0.2, -0.15) is 4.57 Å². The van der Waals surface area contributed by atoms with Gasteiger partial charge in [0.1, 0.15) is 0 Å². The van der Waals surface area contributed by atoms with Crippen LogP contribution in [0.2, 0.25) is 0 Å². The first kappa shape index (κ1) is 15.9. The second-order valence-corrected chi connectivity index (χ2v) is 5.73. The number of aryl methyl sites for hydroxylation is 1. The van der Waals surface area contributed by atoms with Gasteiger partial charge in [-0.25, -0.2) is 0 Å². The van der Waals surface area contributed by atoms with Crippen molar-refractivity contribution >= 4 is 11.6 Å². The van der Waals surface area contributed by atoms with Crippen LogP contribution in [0.25, 0.3) is 11.1 Å². The van der Waals surface area contributed by atoms with Crippen molar-refractivity contribution in [3.05, 3.63) is 84.7 Å². The number of amides is 1. The fourth-order valence-electron chi connectivity index (χ4n) is 2.61. The number of nitrogens with zero attached hydrogens (tertiary/aromatic N) is 1. The Labute approximate surface area is 142 Å². The summed E-state index contributed by atoms with van der Waals surface area (Å²) in [6.07, 6.45) is 4.90. The lowest BCUT2D eigenvalue weighted by atomic mass is 10.1. The van der Waals surface area contributed by atoms with Crippen LogP contribution in [-0.2, 0) is 17.8 Å². The highest BCUT2D eigenvalue weighted by Crippen LogP contribution is 2.16. The normalized spacial score (nSPS) is 10.4. The molecule has 2 aromatic carbocycles. The van der Waals surface area contributed by atoms with E-state index in [4.69, 9.17) is 0 Å². The Balaban J connectivity index is 1.68. The highest BCUT2D eigenvalue weighted by atomic mass is 16.1. The van der Waals surface area contributed by atoms with Crippen LogP contribution < -0.4 is 9.88 Å². The minimum Gasteiger partial charge on any atom is -0.321 e. The van der Waals surface area contributed by atoms with Crippen LogP contribution in [0.15, 0.2) is 79.1 Å². The Kier molecular flexibility index (Phi) is 5.02. The van der Waals surface area contributed by atoms with Gasteiger partial charge in [0.05, 0.1) is 0 Å². The molecule has 3 nitrogen and oxygen atoms in total. The van der Waals surface area contributed by atoms with E-state index >= 15 is 0 Å². The zero-order chi connectivity index (χ0) is 16.8. The van der Waals surface area contributed by atoms with Crippen molar-refractivity contribution in [2.24, 2.45) is 0 Å². The molecule has 24 heavy (non-hydrogen) atoms. The third kappa shape index (κ3) is 4.07. The number of pyridine rings is 1. The fraction of sp³-hybridized carbons (Fsp3) is 0.143. The van der Waals surface area contributed by atoms with Gasteiger partial charge in [-0.3, -0.25) is 4.79 Å². The SMILES string of the molecule is CCc1ccc(NC(=O)C[n+]2cccc(-c3ccccc3)c2)cc1. The van der Waals surface area contributed by atoms with Crippen molar-refractivity contribution in [1.29, 1.82) is 0 Å². The van der Waals surface area contributed by atoms with E-state index in [1.807, 2.05) is 71.6 Å². The number of hydrogen-bond acceptors (Lipinski definition) is 1. The van der Waals surface area contributed by atoms with Gasteiger partial charge in [-0.1, -0.05) is 49.4 Å². The second-order valence-electron chi connectivity index (χ2n) is 5.73. The first-order valence-corrected chi connectivity index (χ1v) is 8.18. The van der Waals surface area contributed by atoms with Crippen LogP contribution in [0.3, 0.4) is 0 Å². The van der Waals surface area contributed by atoms with Gasteiger partial charge in [0.2, 0.25) is 6.54 Å². The maximum absolute atomic E-state index is 12.3. The summed E-state index contributed by atoms with van der Waals surface area (Å²) in [4.78, 5) is 12.3. The Morgan fingerprint density at radius 2 is 1.62 bits per heavy atom. The molecule has 1 amide bonds. The molecule has 3 aromatic rings. The lowest BCUT2D eigenvalue weighted by molar-refractivity contribution is -0.683. The molecule has 1 heterocycles. The van der Waals surface area contributed by atoms with Crippen molar-refractivity contribution in [3.8, 4) is 11.1 Å². The molecule has 0 radical (unpaired) electrons. The molecule has 0 aliphatic carbocycles. The molecule has 3 heteroatoms. The maximum Gasteiger partial charge on any atom is 0.290 e. The van der Waals surface area contributed by atoms with Crippen molar-refractivity contribution in [2.45, 2.75) is 19.9 Å². The molecule has 0 unspecified atom stereocenters. The van der Waals surface area contributed by atoms with E-state index in [9.17, 15) is 4.79 Å². The average molecular weight is 317 g/mol. The number of hydrogen-bond donors (Lipinski definition) is 1. The van der Waals surface area contributed by atoms with Gasteiger partial charge in [0, 0.05) is 17.3 Å². The summed E-state index contributed by atoms with van der Waals surface area (Å²) in [6, 6.07) is 22.1. The lowest BCUT2D eigenvalue weighted by Crippen LogP contribution is -2.39. The first-order valence-electron chi connectivity index (χ1n) is 8.18. The van der Waals surface area contributed by atoms with E-state index in [-0.39, 0.29) is 12.5 Å². The summed E-state index contributed by atoms with van der Waals surface area (Å²) in [5.41, 5.74) is 4.33. The number of anilines is 1. The van der Waals surface area contributed by atoms with Gasteiger partial charge in [-0.15, -0.1) is 0 Å². The molecule has 3 rings (SSSR count). The van der Waals surface area contributed by atoms with Crippen LogP contribution in [0.4, 0.5) is 5.69 Å². The minimum absolute atomic E-state index is 0.0329. The molecular formula is C21H21N2O+. The Morgan fingerprint density at radius 1 is 0.917 bits per heavy atom. The summed E-state index contributed by atoms with van der Waals surface area (Å²) in [5, 5.41) is 2.94. The van der Waals surface area contributed by atoms with Gasteiger partial charge in [-0.05, 0) is 35.7 Å². The molecule has 0 fully saturated rings. The summed E-state index contributed by atoms with van der Waals surface area (Å²) in [6.45, 7) is 2.40. The predicted octanol–water partition coefficient (Wildman–Crippen LogP) is 3.84. The minimum atomic E-state index is -0.0329. The Bertz CT molecular complexity index is 811. The monoisotopic (exact) mass is 317 g/mol. The van der Waals surface area contributed by atoms with Gasteiger partial charge >= 0.3 is 0 Å². The molecule has 0 spiro atoms. The summed E-state index contributed by atoms with van der Waals surface area (Å²) >= 11 is 0. The molecule has 0 bridgehead atoms. The smallest absolute Gasteiger partial charge is 0.290 e. The third-order valence-electron chi connectivity index (χ3n) is 3.94. The predicted molar refractivity (Wildman–Crippen MR) is 96.5 cm³/mol.